The van der Waals surface area contributed by atoms with Gasteiger partial charge in [0.2, 0.25) is 0 Å². The lowest BCUT2D eigenvalue weighted by Gasteiger charge is -2.18. The summed E-state index contributed by atoms with van der Waals surface area (Å²) in [6.07, 6.45) is 8.44. The first kappa shape index (κ1) is 22.9. The van der Waals surface area contributed by atoms with E-state index in [0.29, 0.717) is 17.8 Å². The van der Waals surface area contributed by atoms with Gasteiger partial charge in [0.25, 0.3) is 0 Å². The quantitative estimate of drug-likeness (QED) is 0.315. The van der Waals surface area contributed by atoms with Crippen molar-refractivity contribution in [1.29, 1.82) is 0 Å². The third-order valence-corrected chi connectivity index (χ3v) is 6.33. The van der Waals surface area contributed by atoms with Gasteiger partial charge < -0.3 is 15.6 Å². The van der Waals surface area contributed by atoms with Crippen LogP contribution in [-0.2, 0) is 0 Å². The second-order valence-electron chi connectivity index (χ2n) is 9.27. The third kappa shape index (κ3) is 4.32. The van der Waals surface area contributed by atoms with E-state index >= 15 is 0 Å². The molecule has 5 heterocycles. The first-order valence-corrected chi connectivity index (χ1v) is 11.7. The predicted octanol–water partition coefficient (Wildman–Crippen LogP) is 4.33. The molecule has 4 N–H and O–H groups in total. The lowest BCUT2D eigenvalue weighted by Crippen LogP contribution is -2.26. The Morgan fingerprint density at radius 3 is 2.59 bits per heavy atom. The number of hydrogen-bond acceptors (Lipinski definition) is 7. The van der Waals surface area contributed by atoms with Crippen LogP contribution in [0.1, 0.15) is 11.6 Å². The minimum Gasteiger partial charge on any atom is -0.338 e. The fourth-order valence-corrected chi connectivity index (χ4v) is 4.61. The molecule has 0 spiro atoms. The number of likely N-dealkylation sites (N-methyl/N-ethyl adjacent to an activating group) is 1. The Labute approximate surface area is 211 Å². The molecule has 6 aromatic rings. The van der Waals surface area contributed by atoms with Crippen LogP contribution in [-0.4, -0.2) is 60.7 Å². The molecule has 0 saturated carbocycles. The smallest absolute Gasteiger partial charge is 0.181 e. The van der Waals surface area contributed by atoms with Gasteiger partial charge in [-0.25, -0.2) is 24.3 Å². The highest BCUT2D eigenvalue weighted by Gasteiger charge is 2.17. The monoisotopic (exact) mass is 493 g/mol. The molecule has 0 radical (unpaired) electrons. The van der Waals surface area contributed by atoms with E-state index in [1.54, 1.807) is 24.8 Å². The second kappa shape index (κ2) is 9.16. The minimum absolute atomic E-state index is 0.309. The maximum absolute atomic E-state index is 14.7. The van der Waals surface area contributed by atoms with Gasteiger partial charge in [-0.3, -0.25) is 5.10 Å². The number of nitrogens with zero attached hydrogens (tertiary/aromatic N) is 6. The fourth-order valence-electron chi connectivity index (χ4n) is 4.61. The number of fused-ring (bicyclic) bond motifs is 2. The average molecular weight is 494 g/mol. The van der Waals surface area contributed by atoms with E-state index in [2.05, 4.69) is 35.1 Å². The number of nitrogens with one attached hydrogen (secondary N) is 2. The van der Waals surface area contributed by atoms with E-state index in [4.69, 9.17) is 5.73 Å². The number of rotatable bonds is 6. The van der Waals surface area contributed by atoms with Crippen molar-refractivity contribution < 1.29 is 4.39 Å². The predicted molar refractivity (Wildman–Crippen MR) is 141 cm³/mol. The van der Waals surface area contributed by atoms with Gasteiger partial charge in [0, 0.05) is 59.3 Å². The van der Waals surface area contributed by atoms with Crippen molar-refractivity contribution in [2.75, 3.05) is 20.6 Å². The molecule has 0 fully saturated rings. The van der Waals surface area contributed by atoms with Gasteiger partial charge in [-0.05, 0) is 67.2 Å². The van der Waals surface area contributed by atoms with Crippen molar-refractivity contribution in [2.24, 2.45) is 5.73 Å². The minimum atomic E-state index is -0.328. The number of aromatic nitrogens is 7. The highest BCUT2D eigenvalue weighted by atomic mass is 19.1. The number of hydrogen-bond donors (Lipinski definition) is 3. The largest absolute Gasteiger partial charge is 0.338 e. The van der Waals surface area contributed by atoms with Crippen molar-refractivity contribution in [3.63, 3.8) is 0 Å². The normalized spacial score (nSPS) is 12.6. The Morgan fingerprint density at radius 1 is 0.946 bits per heavy atom. The van der Waals surface area contributed by atoms with Crippen LogP contribution in [0.3, 0.4) is 0 Å². The highest BCUT2D eigenvalue weighted by Crippen LogP contribution is 2.35. The molecule has 5 aromatic heterocycles. The van der Waals surface area contributed by atoms with Crippen molar-refractivity contribution in [3.05, 3.63) is 78.9 Å². The van der Waals surface area contributed by atoms with E-state index < -0.39 is 0 Å². The first-order valence-electron chi connectivity index (χ1n) is 11.7. The molecule has 10 heteroatoms. The van der Waals surface area contributed by atoms with Gasteiger partial charge in [0.1, 0.15) is 17.8 Å². The van der Waals surface area contributed by atoms with E-state index in [1.165, 1.54) is 18.5 Å². The van der Waals surface area contributed by atoms with Crippen LogP contribution >= 0.6 is 0 Å². The van der Waals surface area contributed by atoms with Gasteiger partial charge in [-0.2, -0.15) is 5.10 Å². The van der Waals surface area contributed by atoms with E-state index in [9.17, 15) is 4.39 Å². The first-order chi connectivity index (χ1) is 18.0. The topological polar surface area (TPSA) is 125 Å². The lowest BCUT2D eigenvalue weighted by atomic mass is 9.98. The Hall–Kier alpha value is -4.54. The Kier molecular flexibility index (Phi) is 5.67. The van der Waals surface area contributed by atoms with Crippen LogP contribution in [0.15, 0.2) is 67.5 Å². The van der Waals surface area contributed by atoms with E-state index in [-0.39, 0.29) is 11.9 Å². The summed E-state index contributed by atoms with van der Waals surface area (Å²) in [6, 6.07) is 10.5. The van der Waals surface area contributed by atoms with E-state index in [0.717, 1.165) is 50.0 Å². The van der Waals surface area contributed by atoms with Crippen LogP contribution in [0, 0.1) is 5.82 Å². The molecule has 6 rings (SSSR count). The molecule has 0 aliphatic rings. The van der Waals surface area contributed by atoms with Crippen molar-refractivity contribution >= 4 is 22.1 Å². The number of benzene rings is 1. The standard InChI is InChI=1S/C27H24FN9/c1-37(2)13-23(29)16-5-15(6-19(28)7-16)20-3-4-32-26-21(20)9-24(34-26)25-22-8-17(12-33-27(22)36-35-25)18-10-30-14-31-11-18/h3-12,14,23H,13,29H2,1-2H3,(H,32,34)(H,33,35,36). The summed E-state index contributed by atoms with van der Waals surface area (Å²) in [6.45, 7) is 0.612. The Balaban J connectivity index is 1.45. The zero-order chi connectivity index (χ0) is 25.5. The molecule has 0 aliphatic heterocycles. The Morgan fingerprint density at radius 2 is 1.78 bits per heavy atom. The molecule has 0 amide bonds. The molecular weight excluding hydrogens is 469 g/mol. The summed E-state index contributed by atoms with van der Waals surface area (Å²) in [5.74, 6) is -0.328. The average Bonchev–Trinajstić information content (AvgIpc) is 3.52. The Bertz CT molecular complexity index is 1720. The molecular formula is C27H24FN9. The molecule has 37 heavy (non-hydrogen) atoms. The van der Waals surface area contributed by atoms with Gasteiger partial charge >= 0.3 is 0 Å². The van der Waals surface area contributed by atoms with Crippen LogP contribution in [0.2, 0.25) is 0 Å². The zero-order valence-electron chi connectivity index (χ0n) is 20.3. The number of aromatic amines is 2. The van der Waals surface area contributed by atoms with E-state index in [1.807, 2.05) is 43.3 Å². The molecule has 184 valence electrons. The van der Waals surface area contributed by atoms with Gasteiger partial charge in [0.15, 0.2) is 5.65 Å². The molecule has 1 unspecified atom stereocenters. The fraction of sp³-hybridized carbons (Fsp3) is 0.148. The maximum Gasteiger partial charge on any atom is 0.181 e. The summed E-state index contributed by atoms with van der Waals surface area (Å²) >= 11 is 0. The third-order valence-electron chi connectivity index (χ3n) is 6.33. The van der Waals surface area contributed by atoms with Crippen LogP contribution in [0.25, 0.3) is 55.7 Å². The van der Waals surface area contributed by atoms with Gasteiger partial charge in [-0.1, -0.05) is 0 Å². The summed E-state index contributed by atoms with van der Waals surface area (Å²) in [5.41, 5.74) is 13.3. The number of halogens is 1. The second-order valence-corrected chi connectivity index (χ2v) is 9.27. The SMILES string of the molecule is CN(C)CC(N)c1cc(F)cc(-c2ccnc3[nH]c(-c4[nH]nc5ncc(-c6cncnc6)cc45)cc23)c1. The maximum atomic E-state index is 14.7. The molecule has 9 nitrogen and oxygen atoms in total. The summed E-state index contributed by atoms with van der Waals surface area (Å²) < 4.78 is 14.7. The molecule has 0 saturated heterocycles. The zero-order valence-corrected chi connectivity index (χ0v) is 20.3. The molecule has 0 aliphatic carbocycles. The van der Waals surface area contributed by atoms with Crippen LogP contribution in [0.5, 0.6) is 0 Å². The van der Waals surface area contributed by atoms with Crippen molar-refractivity contribution in [3.8, 4) is 33.6 Å². The van der Waals surface area contributed by atoms with Gasteiger partial charge in [-0.15, -0.1) is 0 Å². The van der Waals surface area contributed by atoms with Crippen LogP contribution < -0.4 is 5.73 Å². The van der Waals surface area contributed by atoms with Crippen LogP contribution in [0.4, 0.5) is 4.39 Å². The number of H-pyrrole nitrogens is 2. The lowest BCUT2D eigenvalue weighted by molar-refractivity contribution is 0.376. The molecule has 0 bridgehead atoms. The van der Waals surface area contributed by atoms with Gasteiger partial charge in [0.05, 0.1) is 11.4 Å². The number of nitrogens with two attached hydrogens (primary N) is 1. The molecule has 1 atom stereocenters. The molecule has 1 aromatic carbocycles. The van der Waals surface area contributed by atoms with Crippen molar-refractivity contribution in [1.82, 2.24) is 40.0 Å². The summed E-state index contributed by atoms with van der Waals surface area (Å²) in [4.78, 5) is 22.6. The summed E-state index contributed by atoms with van der Waals surface area (Å²) in [7, 11) is 3.89. The summed E-state index contributed by atoms with van der Waals surface area (Å²) in [5, 5.41) is 9.17. The highest BCUT2D eigenvalue weighted by molar-refractivity contribution is 5.99. The number of pyridine rings is 2. The van der Waals surface area contributed by atoms with Crippen molar-refractivity contribution in [2.45, 2.75) is 6.04 Å².